The van der Waals surface area contributed by atoms with Crippen molar-refractivity contribution in [2.24, 2.45) is 0 Å². The summed E-state index contributed by atoms with van der Waals surface area (Å²) in [7, 11) is 3.09. The fraction of sp³-hybridized carbons (Fsp3) is 0.333. The highest BCUT2D eigenvalue weighted by atomic mass is 16.2. The minimum Gasteiger partial charge on any atom is -0.395 e. The van der Waals surface area contributed by atoms with Crippen molar-refractivity contribution in [2.75, 3.05) is 27.2 Å². The molecule has 1 aromatic carbocycles. The predicted octanol–water partition coefficient (Wildman–Crippen LogP) is 0.238. The summed E-state index contributed by atoms with van der Waals surface area (Å²) in [4.78, 5) is 24.9. The number of aliphatic hydroxyl groups excluding tert-OH is 1. The molecule has 5 nitrogen and oxygen atoms in total. The molecule has 0 aliphatic heterocycles. The summed E-state index contributed by atoms with van der Waals surface area (Å²) < 4.78 is 0. The number of hydrogen-bond donors (Lipinski definition) is 2. The lowest BCUT2D eigenvalue weighted by Crippen LogP contribution is -2.37. The van der Waals surface area contributed by atoms with Gasteiger partial charge in [-0.15, -0.1) is 0 Å². The lowest BCUT2D eigenvalue weighted by atomic mass is 10.1. The van der Waals surface area contributed by atoms with Crippen molar-refractivity contribution < 1.29 is 14.7 Å². The molecular weight excluding hydrogens is 256 g/mol. The average molecular weight is 274 g/mol. The molecule has 2 amide bonds. The van der Waals surface area contributed by atoms with E-state index in [1.807, 2.05) is 0 Å². The number of carbonyl (C=O) groups is 2. The van der Waals surface area contributed by atoms with Crippen molar-refractivity contribution in [3.05, 3.63) is 35.4 Å². The van der Waals surface area contributed by atoms with Gasteiger partial charge in [-0.2, -0.15) is 0 Å². The van der Waals surface area contributed by atoms with E-state index in [1.165, 1.54) is 11.9 Å². The second kappa shape index (κ2) is 7.97. The third-order valence-electron chi connectivity index (χ3n) is 2.62. The van der Waals surface area contributed by atoms with Gasteiger partial charge in [-0.1, -0.05) is 24.0 Å². The molecule has 5 heteroatoms. The van der Waals surface area contributed by atoms with Gasteiger partial charge in [0, 0.05) is 26.1 Å². The van der Waals surface area contributed by atoms with Gasteiger partial charge in [0.25, 0.3) is 5.91 Å². The Balaban J connectivity index is 2.93. The lowest BCUT2D eigenvalue weighted by molar-refractivity contribution is -0.121. The first-order chi connectivity index (χ1) is 9.60. The summed E-state index contributed by atoms with van der Waals surface area (Å²) >= 11 is 0. The van der Waals surface area contributed by atoms with Gasteiger partial charge in [-0.25, -0.2) is 0 Å². The van der Waals surface area contributed by atoms with Crippen molar-refractivity contribution in [3.63, 3.8) is 0 Å². The Morgan fingerprint density at radius 1 is 1.35 bits per heavy atom. The Bertz CT molecular complexity index is 544. The van der Waals surface area contributed by atoms with Gasteiger partial charge >= 0.3 is 0 Å². The molecule has 0 radical (unpaired) electrons. The van der Waals surface area contributed by atoms with Crippen molar-refractivity contribution in [3.8, 4) is 11.8 Å². The molecule has 0 saturated heterocycles. The van der Waals surface area contributed by atoms with Crippen LogP contribution in [0.3, 0.4) is 0 Å². The fourth-order valence-electron chi connectivity index (χ4n) is 1.56. The second-order valence-corrected chi connectivity index (χ2v) is 4.16. The Morgan fingerprint density at radius 3 is 2.70 bits per heavy atom. The normalized spacial score (nSPS) is 9.35. The monoisotopic (exact) mass is 274 g/mol. The van der Waals surface area contributed by atoms with Crippen LogP contribution >= 0.6 is 0 Å². The Labute approximate surface area is 118 Å². The van der Waals surface area contributed by atoms with Crippen molar-refractivity contribution in [2.45, 2.75) is 6.42 Å². The number of benzene rings is 1. The van der Waals surface area contributed by atoms with Gasteiger partial charge in [-0.3, -0.25) is 9.59 Å². The molecule has 1 aromatic rings. The van der Waals surface area contributed by atoms with Crippen LogP contribution in [-0.2, 0) is 4.79 Å². The van der Waals surface area contributed by atoms with Crippen LogP contribution in [0.15, 0.2) is 24.3 Å². The number of nitrogens with zero attached hydrogens (tertiary/aromatic N) is 1. The maximum atomic E-state index is 12.3. The number of rotatable bonds is 4. The summed E-state index contributed by atoms with van der Waals surface area (Å²) in [5.74, 6) is 5.15. The quantitative estimate of drug-likeness (QED) is 0.773. The van der Waals surface area contributed by atoms with Gasteiger partial charge in [-0.05, 0) is 12.1 Å². The van der Waals surface area contributed by atoms with Crippen molar-refractivity contribution in [1.29, 1.82) is 0 Å². The van der Waals surface area contributed by atoms with E-state index in [4.69, 9.17) is 5.11 Å². The molecule has 0 atom stereocenters. The number of carbonyl (C=O) groups excluding carboxylic acids is 2. The van der Waals surface area contributed by atoms with Gasteiger partial charge < -0.3 is 15.3 Å². The zero-order chi connectivity index (χ0) is 15.0. The summed E-state index contributed by atoms with van der Waals surface area (Å²) in [5, 5.41) is 11.2. The van der Waals surface area contributed by atoms with Crippen LogP contribution in [0.25, 0.3) is 0 Å². The topological polar surface area (TPSA) is 69.6 Å². The number of aliphatic hydroxyl groups is 1. The number of amides is 2. The van der Waals surface area contributed by atoms with E-state index in [0.717, 1.165) is 0 Å². The summed E-state index contributed by atoms with van der Waals surface area (Å²) in [6.45, 7) is -0.0204. The third-order valence-corrected chi connectivity index (χ3v) is 2.62. The van der Waals surface area contributed by atoms with Crippen LogP contribution in [0.1, 0.15) is 22.3 Å². The van der Waals surface area contributed by atoms with E-state index >= 15 is 0 Å². The first-order valence-electron chi connectivity index (χ1n) is 6.25. The maximum absolute atomic E-state index is 12.3. The highest BCUT2D eigenvalue weighted by Crippen LogP contribution is 2.10. The van der Waals surface area contributed by atoms with Gasteiger partial charge in [0.15, 0.2) is 0 Å². The number of likely N-dealkylation sites (N-methyl/N-ethyl adjacent to an activating group) is 2. The average Bonchev–Trinajstić information content (AvgIpc) is 2.47. The highest BCUT2D eigenvalue weighted by Gasteiger charge is 2.16. The summed E-state index contributed by atoms with van der Waals surface area (Å²) in [5.41, 5.74) is 1.04. The molecule has 1 rings (SSSR count). The zero-order valence-corrected chi connectivity index (χ0v) is 11.6. The number of hydrogen-bond acceptors (Lipinski definition) is 3. The van der Waals surface area contributed by atoms with Crippen LogP contribution in [0.5, 0.6) is 0 Å². The van der Waals surface area contributed by atoms with E-state index in [0.29, 0.717) is 17.5 Å². The molecule has 0 unspecified atom stereocenters. The standard InChI is InChI=1S/C15H18N2O3/c1-16-14(19)11-17(2)15(20)13-9-4-3-7-12(13)8-5-6-10-18/h3-4,7,9,18H,6,10-11H2,1-2H3,(H,16,19). The third kappa shape index (κ3) is 4.41. The molecule has 20 heavy (non-hydrogen) atoms. The van der Waals surface area contributed by atoms with Crippen LogP contribution in [0.2, 0.25) is 0 Å². The summed E-state index contributed by atoms with van der Waals surface area (Å²) in [6.07, 6.45) is 0.358. The van der Waals surface area contributed by atoms with E-state index in [9.17, 15) is 9.59 Å². The second-order valence-electron chi connectivity index (χ2n) is 4.16. The zero-order valence-electron chi connectivity index (χ0n) is 11.6. The smallest absolute Gasteiger partial charge is 0.255 e. The molecule has 2 N–H and O–H groups in total. The molecule has 0 heterocycles. The molecule has 0 aliphatic rings. The van der Waals surface area contributed by atoms with E-state index < -0.39 is 0 Å². The van der Waals surface area contributed by atoms with Gasteiger partial charge in [0.2, 0.25) is 5.91 Å². The predicted molar refractivity (Wildman–Crippen MR) is 76.1 cm³/mol. The number of nitrogens with one attached hydrogen (secondary N) is 1. The highest BCUT2D eigenvalue weighted by molar-refractivity contribution is 5.98. The van der Waals surface area contributed by atoms with Crippen LogP contribution in [-0.4, -0.2) is 49.1 Å². The molecule has 0 aromatic heterocycles. The van der Waals surface area contributed by atoms with Crippen LogP contribution in [0, 0.1) is 11.8 Å². The molecule has 0 fully saturated rings. The largest absolute Gasteiger partial charge is 0.395 e. The Hall–Kier alpha value is -2.32. The molecule has 0 aliphatic carbocycles. The van der Waals surface area contributed by atoms with E-state index in [-0.39, 0.29) is 25.0 Å². The summed E-state index contributed by atoms with van der Waals surface area (Å²) in [6, 6.07) is 6.95. The Morgan fingerprint density at radius 2 is 2.05 bits per heavy atom. The van der Waals surface area contributed by atoms with Gasteiger partial charge in [0.05, 0.1) is 18.7 Å². The molecule has 0 bridgehead atoms. The van der Waals surface area contributed by atoms with E-state index in [2.05, 4.69) is 17.2 Å². The minimum atomic E-state index is -0.262. The SMILES string of the molecule is CNC(=O)CN(C)C(=O)c1ccccc1C#CCCO. The molecule has 106 valence electrons. The van der Waals surface area contributed by atoms with Crippen molar-refractivity contribution >= 4 is 11.8 Å². The first kappa shape index (κ1) is 15.7. The van der Waals surface area contributed by atoms with E-state index in [1.54, 1.807) is 31.3 Å². The molecule has 0 spiro atoms. The fourth-order valence-corrected chi connectivity index (χ4v) is 1.56. The first-order valence-corrected chi connectivity index (χ1v) is 6.25. The molecular formula is C15H18N2O3. The van der Waals surface area contributed by atoms with Crippen LogP contribution < -0.4 is 5.32 Å². The minimum absolute atomic E-state index is 0.00621. The molecule has 0 saturated carbocycles. The van der Waals surface area contributed by atoms with Crippen molar-refractivity contribution in [1.82, 2.24) is 10.2 Å². The van der Waals surface area contributed by atoms with Gasteiger partial charge in [0.1, 0.15) is 0 Å². The Kier molecular flexibility index (Phi) is 6.27. The van der Waals surface area contributed by atoms with Crippen LogP contribution in [0.4, 0.5) is 0 Å². The lowest BCUT2D eigenvalue weighted by Gasteiger charge is -2.16. The maximum Gasteiger partial charge on any atom is 0.255 e.